The topological polar surface area (TPSA) is 96.7 Å². The van der Waals surface area contributed by atoms with Gasteiger partial charge in [0, 0.05) is 29.6 Å². The van der Waals surface area contributed by atoms with E-state index in [-0.39, 0.29) is 21.2 Å². The number of fused-ring (bicyclic) bond motifs is 1. The van der Waals surface area contributed by atoms with Crippen molar-refractivity contribution in [3.63, 3.8) is 0 Å². The number of nitrogens with zero attached hydrogens (tertiary/aromatic N) is 1. The molecule has 28 heavy (non-hydrogen) atoms. The second-order valence-corrected chi connectivity index (χ2v) is 9.46. The molecular formula is C18H14BrClN2O5S. The molecule has 3 aromatic rings. The van der Waals surface area contributed by atoms with Gasteiger partial charge >= 0.3 is 5.63 Å². The summed E-state index contributed by atoms with van der Waals surface area (Å²) in [6.07, 6.45) is 0. The molecule has 0 unspecified atom stereocenters. The Kier molecular flexibility index (Phi) is 5.62. The zero-order valence-electron chi connectivity index (χ0n) is 14.7. The molecule has 0 fully saturated rings. The number of hydrogen-bond donors (Lipinski definition) is 1. The number of sulfonamides is 1. The van der Waals surface area contributed by atoms with Crippen LogP contribution in [-0.4, -0.2) is 32.7 Å². The third-order valence-corrected chi connectivity index (χ3v) is 6.68. The molecule has 0 radical (unpaired) electrons. The first-order valence-electron chi connectivity index (χ1n) is 7.86. The fraction of sp³-hybridized carbons (Fsp3) is 0.111. The monoisotopic (exact) mass is 484 g/mol. The summed E-state index contributed by atoms with van der Waals surface area (Å²) in [4.78, 5) is 24.6. The van der Waals surface area contributed by atoms with E-state index in [2.05, 4.69) is 21.2 Å². The van der Waals surface area contributed by atoms with E-state index in [1.807, 2.05) is 0 Å². The average Bonchev–Trinajstić information content (AvgIpc) is 2.62. The lowest BCUT2D eigenvalue weighted by Crippen LogP contribution is -2.23. The number of carbonyl (C=O) groups excluding carboxylic acids is 1. The second-order valence-electron chi connectivity index (χ2n) is 6.02. The van der Waals surface area contributed by atoms with Crippen LogP contribution >= 0.6 is 27.5 Å². The Morgan fingerprint density at radius 3 is 2.54 bits per heavy atom. The molecule has 0 bridgehead atoms. The van der Waals surface area contributed by atoms with Crippen molar-refractivity contribution in [3.05, 3.63) is 67.9 Å². The minimum Gasteiger partial charge on any atom is -0.422 e. The van der Waals surface area contributed by atoms with Crippen molar-refractivity contribution in [2.24, 2.45) is 0 Å². The van der Waals surface area contributed by atoms with Crippen LogP contribution in [0.25, 0.3) is 11.0 Å². The molecule has 10 heteroatoms. The standard InChI is InChI=1S/C18H14BrClN2O5S/c1-22(2)28(25,26)16-9-12(4-5-14(16)20)21-17(23)13-8-10-7-11(19)3-6-15(10)27-18(13)24/h3-9H,1-2H3,(H,21,23). The maximum absolute atomic E-state index is 12.6. The van der Waals surface area contributed by atoms with Gasteiger partial charge < -0.3 is 9.73 Å². The highest BCUT2D eigenvalue weighted by Gasteiger charge is 2.22. The molecule has 0 saturated heterocycles. The van der Waals surface area contributed by atoms with E-state index in [4.69, 9.17) is 16.0 Å². The normalized spacial score (nSPS) is 11.8. The van der Waals surface area contributed by atoms with Crippen LogP contribution in [0.2, 0.25) is 5.02 Å². The van der Waals surface area contributed by atoms with E-state index in [0.29, 0.717) is 11.0 Å². The molecule has 1 N–H and O–H groups in total. The number of halogens is 2. The summed E-state index contributed by atoms with van der Waals surface area (Å²) in [5.74, 6) is -0.730. The lowest BCUT2D eigenvalue weighted by Gasteiger charge is -2.14. The molecule has 1 aromatic heterocycles. The van der Waals surface area contributed by atoms with E-state index in [1.54, 1.807) is 18.2 Å². The Morgan fingerprint density at radius 2 is 1.86 bits per heavy atom. The molecular weight excluding hydrogens is 472 g/mol. The lowest BCUT2D eigenvalue weighted by molar-refractivity contribution is 0.102. The highest BCUT2D eigenvalue weighted by atomic mass is 79.9. The Hall–Kier alpha value is -2.20. The highest BCUT2D eigenvalue weighted by molar-refractivity contribution is 9.10. The average molecular weight is 486 g/mol. The van der Waals surface area contributed by atoms with Gasteiger partial charge in [0.2, 0.25) is 10.0 Å². The summed E-state index contributed by atoms with van der Waals surface area (Å²) < 4.78 is 31.6. The fourth-order valence-corrected chi connectivity index (χ4v) is 4.20. The summed E-state index contributed by atoms with van der Waals surface area (Å²) in [6, 6.07) is 10.5. The molecule has 2 aromatic carbocycles. The van der Waals surface area contributed by atoms with Crippen molar-refractivity contribution in [3.8, 4) is 0 Å². The van der Waals surface area contributed by atoms with Gasteiger partial charge in [0.1, 0.15) is 16.0 Å². The third kappa shape index (κ3) is 3.97. The first-order chi connectivity index (χ1) is 13.1. The van der Waals surface area contributed by atoms with Crippen LogP contribution in [0.3, 0.4) is 0 Å². The lowest BCUT2D eigenvalue weighted by atomic mass is 10.1. The van der Waals surface area contributed by atoms with Crippen LogP contribution < -0.4 is 10.9 Å². The Bertz CT molecular complexity index is 1250. The SMILES string of the molecule is CN(C)S(=O)(=O)c1cc(NC(=O)c2cc3cc(Br)ccc3oc2=O)ccc1Cl. The second kappa shape index (κ2) is 7.67. The molecule has 0 aliphatic heterocycles. The molecule has 146 valence electrons. The van der Waals surface area contributed by atoms with Crippen LogP contribution in [0.5, 0.6) is 0 Å². The Labute approximate surface area is 174 Å². The van der Waals surface area contributed by atoms with Crippen molar-refractivity contribution in [1.29, 1.82) is 0 Å². The van der Waals surface area contributed by atoms with Gasteiger partial charge in [-0.25, -0.2) is 17.5 Å². The van der Waals surface area contributed by atoms with Crippen LogP contribution in [0, 0.1) is 0 Å². The van der Waals surface area contributed by atoms with Gasteiger partial charge in [-0.3, -0.25) is 4.79 Å². The number of rotatable bonds is 4. The number of hydrogen-bond acceptors (Lipinski definition) is 5. The van der Waals surface area contributed by atoms with Crippen molar-refractivity contribution in [2.45, 2.75) is 4.90 Å². The van der Waals surface area contributed by atoms with Crippen LogP contribution in [-0.2, 0) is 10.0 Å². The minimum atomic E-state index is -3.81. The molecule has 0 aliphatic rings. The van der Waals surface area contributed by atoms with Crippen molar-refractivity contribution in [2.75, 3.05) is 19.4 Å². The number of benzene rings is 2. The van der Waals surface area contributed by atoms with E-state index >= 15 is 0 Å². The van der Waals surface area contributed by atoms with Gasteiger partial charge in [0.05, 0.1) is 5.02 Å². The van der Waals surface area contributed by atoms with E-state index in [9.17, 15) is 18.0 Å². The molecule has 0 spiro atoms. The van der Waals surface area contributed by atoms with Crippen LogP contribution in [0.4, 0.5) is 5.69 Å². The molecule has 1 heterocycles. The molecule has 0 aliphatic carbocycles. The zero-order chi connectivity index (χ0) is 20.6. The van der Waals surface area contributed by atoms with Gasteiger partial charge in [-0.05, 0) is 42.5 Å². The van der Waals surface area contributed by atoms with E-state index < -0.39 is 21.6 Å². The largest absolute Gasteiger partial charge is 0.422 e. The van der Waals surface area contributed by atoms with E-state index in [1.165, 1.54) is 38.4 Å². The summed E-state index contributed by atoms with van der Waals surface area (Å²) in [6.45, 7) is 0. The van der Waals surface area contributed by atoms with Gasteiger partial charge in [-0.15, -0.1) is 0 Å². The maximum atomic E-state index is 12.6. The highest BCUT2D eigenvalue weighted by Crippen LogP contribution is 2.27. The molecule has 3 rings (SSSR count). The van der Waals surface area contributed by atoms with Crippen LogP contribution in [0.1, 0.15) is 10.4 Å². The number of amides is 1. The Morgan fingerprint density at radius 1 is 1.14 bits per heavy atom. The predicted octanol–water partition coefficient (Wildman–Crippen LogP) is 3.71. The summed E-state index contributed by atoms with van der Waals surface area (Å²) >= 11 is 9.31. The van der Waals surface area contributed by atoms with Crippen LogP contribution in [0.15, 0.2) is 61.0 Å². The zero-order valence-corrected chi connectivity index (χ0v) is 17.9. The minimum absolute atomic E-state index is 0.0155. The van der Waals surface area contributed by atoms with Gasteiger partial charge in [0.25, 0.3) is 5.91 Å². The van der Waals surface area contributed by atoms with E-state index in [0.717, 1.165) is 8.78 Å². The van der Waals surface area contributed by atoms with Crippen molar-refractivity contribution in [1.82, 2.24) is 4.31 Å². The fourth-order valence-electron chi connectivity index (χ4n) is 2.43. The molecule has 1 amide bonds. The molecule has 7 nitrogen and oxygen atoms in total. The number of carbonyl (C=O) groups is 1. The summed E-state index contributed by atoms with van der Waals surface area (Å²) in [5.41, 5.74) is -0.501. The van der Waals surface area contributed by atoms with Gasteiger partial charge in [-0.2, -0.15) is 0 Å². The third-order valence-electron chi connectivity index (χ3n) is 3.89. The number of anilines is 1. The predicted molar refractivity (Wildman–Crippen MR) is 110 cm³/mol. The maximum Gasteiger partial charge on any atom is 0.349 e. The first kappa shape index (κ1) is 20.5. The Balaban J connectivity index is 1.99. The van der Waals surface area contributed by atoms with Crippen molar-refractivity contribution < 1.29 is 17.6 Å². The van der Waals surface area contributed by atoms with Gasteiger partial charge in [0.15, 0.2) is 0 Å². The quantitative estimate of drug-likeness (QED) is 0.568. The summed E-state index contributed by atoms with van der Waals surface area (Å²) in [7, 11) is -1.07. The molecule has 0 saturated carbocycles. The molecule has 0 atom stereocenters. The summed E-state index contributed by atoms with van der Waals surface area (Å²) in [5, 5.41) is 3.08. The first-order valence-corrected chi connectivity index (χ1v) is 10.5. The van der Waals surface area contributed by atoms with Gasteiger partial charge in [-0.1, -0.05) is 27.5 Å². The smallest absolute Gasteiger partial charge is 0.349 e. The van der Waals surface area contributed by atoms with Crippen molar-refractivity contribution >= 4 is 60.1 Å². The number of nitrogens with one attached hydrogen (secondary N) is 1.